The molecule has 0 spiro atoms. The summed E-state index contributed by atoms with van der Waals surface area (Å²) in [7, 11) is 0. The summed E-state index contributed by atoms with van der Waals surface area (Å²) >= 11 is 0. The molecule has 0 unspecified atom stereocenters. The van der Waals surface area contributed by atoms with Gasteiger partial charge in [0, 0.05) is 5.56 Å². The first-order chi connectivity index (χ1) is 8.36. The van der Waals surface area contributed by atoms with Crippen LogP contribution in [0, 0.1) is 0 Å². The van der Waals surface area contributed by atoms with Gasteiger partial charge in [-0.05, 0) is 30.3 Å². The lowest BCUT2D eigenvalue weighted by atomic mass is 10.1. The average molecular weight is 230 g/mol. The fraction of sp³-hybridized carbons (Fsp3) is 0.154. The van der Waals surface area contributed by atoms with E-state index in [1.807, 2.05) is 18.2 Å². The maximum atomic E-state index is 10.5. The number of rotatable bonds is 2. The van der Waals surface area contributed by atoms with Crippen molar-refractivity contribution in [3.05, 3.63) is 36.1 Å². The molecule has 0 fully saturated rings. The van der Waals surface area contributed by atoms with Gasteiger partial charge in [-0.3, -0.25) is 4.79 Å². The number of benzene rings is 1. The third-order valence-electron chi connectivity index (χ3n) is 2.57. The topological polar surface area (TPSA) is 48.7 Å². The lowest BCUT2D eigenvalue weighted by Crippen LogP contribution is -2.15. The fourth-order valence-corrected chi connectivity index (χ4v) is 1.77. The number of furan rings is 1. The van der Waals surface area contributed by atoms with Gasteiger partial charge in [0.2, 0.25) is 0 Å². The van der Waals surface area contributed by atoms with E-state index in [0.717, 1.165) is 11.3 Å². The third kappa shape index (κ3) is 1.78. The molecular formula is C13H10O4. The van der Waals surface area contributed by atoms with Crippen molar-refractivity contribution >= 4 is 6.29 Å². The highest BCUT2D eigenvalue weighted by Gasteiger charge is 2.13. The Hall–Kier alpha value is -2.23. The molecule has 1 aromatic carbocycles. The van der Waals surface area contributed by atoms with Gasteiger partial charge < -0.3 is 13.9 Å². The van der Waals surface area contributed by atoms with Crippen molar-refractivity contribution in [2.45, 2.75) is 0 Å². The van der Waals surface area contributed by atoms with Gasteiger partial charge in [-0.25, -0.2) is 0 Å². The molecular weight excluding hydrogens is 220 g/mol. The van der Waals surface area contributed by atoms with Crippen molar-refractivity contribution < 1.29 is 18.7 Å². The summed E-state index contributed by atoms with van der Waals surface area (Å²) in [4.78, 5) is 10.5. The third-order valence-corrected chi connectivity index (χ3v) is 2.57. The second kappa shape index (κ2) is 3.97. The van der Waals surface area contributed by atoms with Crippen LogP contribution in [0.15, 0.2) is 34.7 Å². The van der Waals surface area contributed by atoms with Crippen LogP contribution in [0.2, 0.25) is 0 Å². The standard InChI is InChI=1S/C13H10O4/c14-8-10-2-4-11(17-10)9-1-3-12-13(7-9)16-6-5-15-12/h1-4,7-8H,5-6H2. The molecule has 1 aromatic heterocycles. The van der Waals surface area contributed by atoms with Gasteiger partial charge in [0.05, 0.1) is 0 Å². The van der Waals surface area contributed by atoms with Gasteiger partial charge in [-0.15, -0.1) is 0 Å². The number of fused-ring (bicyclic) bond motifs is 1. The van der Waals surface area contributed by atoms with E-state index in [4.69, 9.17) is 13.9 Å². The molecule has 86 valence electrons. The minimum atomic E-state index is 0.315. The molecule has 1 aliphatic heterocycles. The van der Waals surface area contributed by atoms with Crippen LogP contribution in [0.5, 0.6) is 11.5 Å². The van der Waals surface area contributed by atoms with E-state index < -0.39 is 0 Å². The molecule has 0 bridgehead atoms. The van der Waals surface area contributed by atoms with Crippen molar-refractivity contribution in [3.63, 3.8) is 0 Å². The molecule has 2 aromatic rings. The Morgan fingerprint density at radius 1 is 1.00 bits per heavy atom. The van der Waals surface area contributed by atoms with Crippen LogP contribution in [0.3, 0.4) is 0 Å². The zero-order valence-electron chi connectivity index (χ0n) is 9.01. The molecule has 1 aliphatic rings. The van der Waals surface area contributed by atoms with E-state index in [1.165, 1.54) is 0 Å². The van der Waals surface area contributed by atoms with Gasteiger partial charge in [0.1, 0.15) is 19.0 Å². The van der Waals surface area contributed by atoms with Crippen molar-refractivity contribution in [2.24, 2.45) is 0 Å². The summed E-state index contributed by atoms with van der Waals surface area (Å²) in [5.41, 5.74) is 0.863. The molecule has 17 heavy (non-hydrogen) atoms. The van der Waals surface area contributed by atoms with E-state index in [9.17, 15) is 4.79 Å². The second-order valence-electron chi connectivity index (χ2n) is 3.68. The molecule has 0 aliphatic carbocycles. The largest absolute Gasteiger partial charge is 0.486 e. The normalized spacial score (nSPS) is 13.4. The van der Waals surface area contributed by atoms with Crippen LogP contribution in [0.1, 0.15) is 10.6 Å². The predicted octanol–water partition coefficient (Wildman–Crippen LogP) is 2.53. The first-order valence-electron chi connectivity index (χ1n) is 5.32. The summed E-state index contributed by atoms with van der Waals surface area (Å²) in [6.07, 6.45) is 0.682. The summed E-state index contributed by atoms with van der Waals surface area (Å²) < 4.78 is 16.3. The monoisotopic (exact) mass is 230 g/mol. The average Bonchev–Trinajstić information content (AvgIpc) is 2.87. The van der Waals surface area contributed by atoms with Crippen molar-refractivity contribution in [3.8, 4) is 22.8 Å². The summed E-state index contributed by atoms with van der Waals surface area (Å²) in [6, 6.07) is 8.96. The van der Waals surface area contributed by atoms with E-state index in [0.29, 0.717) is 36.8 Å². The van der Waals surface area contributed by atoms with E-state index in [1.54, 1.807) is 12.1 Å². The predicted molar refractivity (Wildman–Crippen MR) is 60.5 cm³/mol. The highest BCUT2D eigenvalue weighted by molar-refractivity contribution is 5.73. The maximum Gasteiger partial charge on any atom is 0.185 e. The molecule has 0 radical (unpaired) electrons. The first-order valence-corrected chi connectivity index (χ1v) is 5.32. The highest BCUT2D eigenvalue weighted by atomic mass is 16.6. The van der Waals surface area contributed by atoms with Crippen LogP contribution in [0.4, 0.5) is 0 Å². The van der Waals surface area contributed by atoms with Crippen LogP contribution in [0.25, 0.3) is 11.3 Å². The Bertz CT molecular complexity index is 556. The Morgan fingerprint density at radius 3 is 2.59 bits per heavy atom. The minimum absolute atomic E-state index is 0.315. The first kappa shape index (κ1) is 9.96. The smallest absolute Gasteiger partial charge is 0.185 e. The zero-order valence-corrected chi connectivity index (χ0v) is 9.01. The number of ether oxygens (including phenoxy) is 2. The quantitative estimate of drug-likeness (QED) is 0.744. The lowest BCUT2D eigenvalue weighted by molar-refractivity contribution is 0.110. The van der Waals surface area contributed by atoms with Crippen LogP contribution < -0.4 is 9.47 Å². The van der Waals surface area contributed by atoms with Gasteiger partial charge in [0.15, 0.2) is 23.5 Å². The lowest BCUT2D eigenvalue weighted by Gasteiger charge is -2.18. The summed E-state index contributed by atoms with van der Waals surface area (Å²) in [5, 5.41) is 0. The van der Waals surface area contributed by atoms with Crippen LogP contribution >= 0.6 is 0 Å². The van der Waals surface area contributed by atoms with Crippen LogP contribution in [-0.4, -0.2) is 19.5 Å². The van der Waals surface area contributed by atoms with Gasteiger partial charge in [-0.1, -0.05) is 0 Å². The molecule has 4 heteroatoms. The number of carbonyl (C=O) groups is 1. The van der Waals surface area contributed by atoms with Gasteiger partial charge >= 0.3 is 0 Å². The SMILES string of the molecule is O=Cc1ccc(-c2ccc3c(c2)OCCO3)o1. The number of carbonyl (C=O) groups excluding carboxylic acids is 1. The Labute approximate surface area is 97.8 Å². The Balaban J connectivity index is 2.00. The molecule has 3 rings (SSSR count). The van der Waals surface area contributed by atoms with Gasteiger partial charge in [0.25, 0.3) is 0 Å². The number of hydrogen-bond donors (Lipinski definition) is 0. The zero-order chi connectivity index (χ0) is 11.7. The van der Waals surface area contributed by atoms with E-state index >= 15 is 0 Å². The van der Waals surface area contributed by atoms with E-state index in [-0.39, 0.29) is 0 Å². The molecule has 0 saturated heterocycles. The fourth-order valence-electron chi connectivity index (χ4n) is 1.77. The van der Waals surface area contributed by atoms with Crippen molar-refractivity contribution in [1.29, 1.82) is 0 Å². The summed E-state index contributed by atoms with van der Waals surface area (Å²) in [6.45, 7) is 1.12. The summed E-state index contributed by atoms with van der Waals surface area (Å²) in [5.74, 6) is 2.40. The highest BCUT2D eigenvalue weighted by Crippen LogP contribution is 2.34. The van der Waals surface area contributed by atoms with Crippen molar-refractivity contribution in [2.75, 3.05) is 13.2 Å². The molecule has 4 nitrogen and oxygen atoms in total. The molecule has 0 atom stereocenters. The maximum absolute atomic E-state index is 10.5. The molecule has 0 amide bonds. The van der Waals surface area contributed by atoms with E-state index in [2.05, 4.69) is 0 Å². The number of aldehydes is 1. The van der Waals surface area contributed by atoms with Crippen molar-refractivity contribution in [1.82, 2.24) is 0 Å². The molecule has 2 heterocycles. The van der Waals surface area contributed by atoms with Crippen LogP contribution in [-0.2, 0) is 0 Å². The Morgan fingerprint density at radius 2 is 1.82 bits per heavy atom. The second-order valence-corrected chi connectivity index (χ2v) is 3.68. The van der Waals surface area contributed by atoms with Gasteiger partial charge in [-0.2, -0.15) is 0 Å². The minimum Gasteiger partial charge on any atom is -0.486 e. The Kier molecular flexibility index (Phi) is 2.33. The molecule has 0 N–H and O–H groups in total. The molecule has 0 saturated carbocycles. The number of hydrogen-bond acceptors (Lipinski definition) is 4.